The molecule has 0 fully saturated rings. The predicted molar refractivity (Wildman–Crippen MR) is 144 cm³/mol. The minimum Gasteiger partial charge on any atom is -0.487 e. The summed E-state index contributed by atoms with van der Waals surface area (Å²) in [4.78, 5) is 37.8. The third-order valence-electron chi connectivity index (χ3n) is 5.91. The SMILES string of the molecule is CCOC(=O)CN(c1ccc(CC2NC(=O)c3ccccc3NC2=O)cc1OCc1ccccc1)S(N)(=O)=O. The first-order valence-corrected chi connectivity index (χ1v) is 13.6. The fraction of sp³-hybridized carbons (Fsp3) is 0.222. The number of anilines is 2. The van der Waals surface area contributed by atoms with Gasteiger partial charge in [-0.05, 0) is 42.3 Å². The average molecular weight is 553 g/mol. The molecule has 1 aliphatic rings. The van der Waals surface area contributed by atoms with Gasteiger partial charge in [-0.25, -0.2) is 9.44 Å². The number of ether oxygens (including phenoxy) is 2. The zero-order chi connectivity index (χ0) is 28.0. The van der Waals surface area contributed by atoms with Crippen LogP contribution in [0, 0.1) is 0 Å². The van der Waals surface area contributed by atoms with E-state index < -0.39 is 40.6 Å². The van der Waals surface area contributed by atoms with E-state index in [4.69, 9.17) is 14.6 Å². The van der Waals surface area contributed by atoms with Gasteiger partial charge in [0, 0.05) is 6.42 Å². The van der Waals surface area contributed by atoms with Crippen LogP contribution in [-0.4, -0.2) is 45.4 Å². The van der Waals surface area contributed by atoms with Crippen LogP contribution < -0.4 is 24.8 Å². The normalized spacial score (nSPS) is 14.9. The van der Waals surface area contributed by atoms with Gasteiger partial charge in [-0.1, -0.05) is 48.5 Å². The molecule has 2 amide bonds. The van der Waals surface area contributed by atoms with Gasteiger partial charge in [0.2, 0.25) is 5.91 Å². The van der Waals surface area contributed by atoms with Crippen LogP contribution in [0.25, 0.3) is 0 Å². The number of para-hydroxylation sites is 1. The summed E-state index contributed by atoms with van der Waals surface area (Å²) in [5.41, 5.74) is 2.16. The minimum absolute atomic E-state index is 0.0204. The van der Waals surface area contributed by atoms with E-state index in [-0.39, 0.29) is 31.1 Å². The second-order valence-electron chi connectivity index (χ2n) is 8.70. The van der Waals surface area contributed by atoms with Crippen LogP contribution in [0.3, 0.4) is 0 Å². The summed E-state index contributed by atoms with van der Waals surface area (Å²) in [6.45, 7) is 1.09. The summed E-state index contributed by atoms with van der Waals surface area (Å²) in [5.74, 6) is -1.49. The van der Waals surface area contributed by atoms with Crippen molar-refractivity contribution in [1.29, 1.82) is 0 Å². The van der Waals surface area contributed by atoms with Crippen molar-refractivity contribution < 1.29 is 32.3 Å². The summed E-state index contributed by atoms with van der Waals surface area (Å²) < 4.78 is 36.5. The molecule has 11 nitrogen and oxygen atoms in total. The third-order valence-corrected chi connectivity index (χ3v) is 6.85. The molecule has 0 spiro atoms. The number of benzene rings is 3. The smallest absolute Gasteiger partial charge is 0.326 e. The highest BCUT2D eigenvalue weighted by molar-refractivity contribution is 7.90. The topological polar surface area (TPSA) is 157 Å². The molecule has 12 heteroatoms. The number of hydrogen-bond donors (Lipinski definition) is 3. The molecule has 1 unspecified atom stereocenters. The Hall–Kier alpha value is -4.42. The van der Waals surface area contributed by atoms with Crippen molar-refractivity contribution in [2.24, 2.45) is 5.14 Å². The lowest BCUT2D eigenvalue weighted by atomic mass is 10.0. The molecule has 1 aliphatic heterocycles. The fourth-order valence-corrected chi connectivity index (χ4v) is 4.78. The number of fused-ring (bicyclic) bond motifs is 1. The zero-order valence-corrected chi connectivity index (χ0v) is 21.9. The number of rotatable bonds is 10. The van der Waals surface area contributed by atoms with E-state index in [2.05, 4.69) is 10.6 Å². The molecule has 0 saturated heterocycles. The molecule has 4 N–H and O–H groups in total. The lowest BCUT2D eigenvalue weighted by Gasteiger charge is -2.24. The van der Waals surface area contributed by atoms with Crippen LogP contribution in [0.4, 0.5) is 11.4 Å². The van der Waals surface area contributed by atoms with Gasteiger partial charge >= 0.3 is 5.97 Å². The molecule has 0 bridgehead atoms. The Morgan fingerprint density at radius 1 is 1.00 bits per heavy atom. The maximum Gasteiger partial charge on any atom is 0.326 e. The molecule has 3 aromatic rings. The van der Waals surface area contributed by atoms with Crippen LogP contribution in [0.15, 0.2) is 72.8 Å². The summed E-state index contributed by atoms with van der Waals surface area (Å²) in [5, 5.41) is 10.9. The lowest BCUT2D eigenvalue weighted by Crippen LogP contribution is -2.42. The van der Waals surface area contributed by atoms with Crippen LogP contribution in [0.2, 0.25) is 0 Å². The van der Waals surface area contributed by atoms with E-state index in [1.165, 1.54) is 6.07 Å². The largest absolute Gasteiger partial charge is 0.487 e. The minimum atomic E-state index is -4.40. The number of carbonyl (C=O) groups is 3. The van der Waals surface area contributed by atoms with Crippen LogP contribution in [-0.2, 0) is 37.6 Å². The van der Waals surface area contributed by atoms with E-state index in [1.807, 2.05) is 30.3 Å². The zero-order valence-electron chi connectivity index (χ0n) is 21.1. The average Bonchev–Trinajstić information content (AvgIpc) is 3.02. The second kappa shape index (κ2) is 12.0. The maximum absolute atomic E-state index is 12.9. The standard InChI is InChI=1S/C27H28N4O7S/c1-2-37-25(32)16-31(39(28,35)36)23-13-12-19(15-24(23)38-17-18-8-4-3-5-9-18)14-22-27(34)29-21-11-7-6-10-20(21)26(33)30-22/h3-13,15,22H,2,14,16-17H2,1H3,(H,29,34)(H,30,33)(H2,28,35,36). The summed E-state index contributed by atoms with van der Waals surface area (Å²) in [6, 6.07) is 19.5. The van der Waals surface area contributed by atoms with E-state index in [0.29, 0.717) is 21.1 Å². The quantitative estimate of drug-likeness (QED) is 0.325. The predicted octanol–water partition coefficient (Wildman–Crippen LogP) is 2.13. The number of amides is 2. The van der Waals surface area contributed by atoms with Crippen molar-refractivity contribution in [2.75, 3.05) is 22.8 Å². The number of nitrogens with zero attached hydrogens (tertiary/aromatic N) is 1. The highest BCUT2D eigenvalue weighted by Crippen LogP contribution is 2.32. The third kappa shape index (κ3) is 6.92. The van der Waals surface area contributed by atoms with Gasteiger partial charge < -0.3 is 20.1 Å². The first-order valence-electron chi connectivity index (χ1n) is 12.1. The molecular formula is C27H28N4O7S. The Bertz CT molecular complexity index is 1480. The number of hydrogen-bond acceptors (Lipinski definition) is 7. The van der Waals surface area contributed by atoms with E-state index >= 15 is 0 Å². The van der Waals surface area contributed by atoms with Crippen LogP contribution in [0.1, 0.15) is 28.4 Å². The van der Waals surface area contributed by atoms with Gasteiger partial charge in [-0.15, -0.1) is 0 Å². The van der Waals surface area contributed by atoms with Crippen LogP contribution >= 0.6 is 0 Å². The monoisotopic (exact) mass is 552 g/mol. The number of carbonyl (C=O) groups excluding carboxylic acids is 3. The van der Waals surface area contributed by atoms with Gasteiger partial charge in [0.15, 0.2) is 0 Å². The summed E-state index contributed by atoms with van der Waals surface area (Å²) in [7, 11) is -4.40. The summed E-state index contributed by atoms with van der Waals surface area (Å²) >= 11 is 0. The Morgan fingerprint density at radius 2 is 1.72 bits per heavy atom. The van der Waals surface area contributed by atoms with E-state index in [1.54, 1.807) is 43.3 Å². The van der Waals surface area contributed by atoms with Crippen molar-refractivity contribution in [2.45, 2.75) is 26.0 Å². The highest BCUT2D eigenvalue weighted by Gasteiger charge is 2.29. The first-order chi connectivity index (χ1) is 18.7. The molecule has 1 heterocycles. The first kappa shape index (κ1) is 27.6. The Morgan fingerprint density at radius 3 is 2.44 bits per heavy atom. The van der Waals surface area contributed by atoms with Crippen LogP contribution in [0.5, 0.6) is 5.75 Å². The summed E-state index contributed by atoms with van der Waals surface area (Å²) in [6.07, 6.45) is 0.0841. The van der Waals surface area contributed by atoms with Crippen molar-refractivity contribution >= 4 is 39.4 Å². The molecule has 0 radical (unpaired) electrons. The lowest BCUT2D eigenvalue weighted by molar-refractivity contribution is -0.141. The number of esters is 1. The second-order valence-corrected chi connectivity index (χ2v) is 10.2. The van der Waals surface area contributed by atoms with Gasteiger partial charge in [0.1, 0.15) is 24.9 Å². The molecule has 3 aromatic carbocycles. The van der Waals surface area contributed by atoms with Crippen molar-refractivity contribution in [3.8, 4) is 5.75 Å². The molecule has 4 rings (SSSR count). The molecule has 204 valence electrons. The molecule has 1 atom stereocenters. The van der Waals surface area contributed by atoms with Gasteiger partial charge in [0.05, 0.1) is 23.5 Å². The molecule has 0 aliphatic carbocycles. The van der Waals surface area contributed by atoms with Crippen molar-refractivity contribution in [1.82, 2.24) is 5.32 Å². The Kier molecular flexibility index (Phi) is 8.47. The molecule has 0 saturated carbocycles. The number of nitrogens with two attached hydrogens (primary N) is 1. The molecule has 39 heavy (non-hydrogen) atoms. The van der Waals surface area contributed by atoms with Crippen molar-refractivity contribution in [3.63, 3.8) is 0 Å². The van der Waals surface area contributed by atoms with Gasteiger partial charge in [-0.2, -0.15) is 8.42 Å². The molecular weight excluding hydrogens is 524 g/mol. The Balaban J connectivity index is 1.66. The van der Waals surface area contributed by atoms with Gasteiger partial charge in [-0.3, -0.25) is 14.4 Å². The van der Waals surface area contributed by atoms with E-state index in [9.17, 15) is 22.8 Å². The van der Waals surface area contributed by atoms with E-state index in [0.717, 1.165) is 5.56 Å². The Labute approximate surface area is 226 Å². The van der Waals surface area contributed by atoms with Crippen molar-refractivity contribution in [3.05, 3.63) is 89.5 Å². The number of nitrogens with one attached hydrogen (secondary N) is 2. The fourth-order valence-electron chi connectivity index (χ4n) is 4.07. The van der Waals surface area contributed by atoms with Gasteiger partial charge in [0.25, 0.3) is 16.1 Å². The molecule has 0 aromatic heterocycles. The highest BCUT2D eigenvalue weighted by atomic mass is 32.2. The maximum atomic E-state index is 12.9.